The lowest BCUT2D eigenvalue weighted by atomic mass is 9.97. The van der Waals surface area contributed by atoms with Crippen LogP contribution in [0.25, 0.3) is 0 Å². The standard InChI is InChI=1S/C15H26N2O/c1-2-17(10-11-6-8-16-9-7-11)15(18)14-12-4-3-5-13(12)14/h11-14,16H,2-10H2,1H3. The molecule has 0 bridgehead atoms. The van der Waals surface area contributed by atoms with E-state index in [0.717, 1.165) is 43.9 Å². The molecule has 2 atom stereocenters. The van der Waals surface area contributed by atoms with Crippen LogP contribution in [0.5, 0.6) is 0 Å². The molecular weight excluding hydrogens is 224 g/mol. The molecule has 3 heteroatoms. The minimum absolute atomic E-state index is 0.417. The number of carbonyl (C=O) groups is 1. The Labute approximate surface area is 110 Å². The quantitative estimate of drug-likeness (QED) is 0.826. The first-order valence-electron chi connectivity index (χ1n) is 7.80. The van der Waals surface area contributed by atoms with Gasteiger partial charge < -0.3 is 10.2 Å². The summed E-state index contributed by atoms with van der Waals surface area (Å²) < 4.78 is 0. The van der Waals surface area contributed by atoms with Crippen molar-refractivity contribution >= 4 is 5.91 Å². The van der Waals surface area contributed by atoms with Gasteiger partial charge in [0.1, 0.15) is 0 Å². The second-order valence-corrected chi connectivity index (χ2v) is 6.35. The summed E-state index contributed by atoms with van der Waals surface area (Å²) >= 11 is 0. The van der Waals surface area contributed by atoms with E-state index < -0.39 is 0 Å². The number of piperidine rings is 1. The number of amides is 1. The van der Waals surface area contributed by atoms with Crippen molar-refractivity contribution in [1.82, 2.24) is 10.2 Å². The van der Waals surface area contributed by atoms with E-state index in [2.05, 4.69) is 17.1 Å². The van der Waals surface area contributed by atoms with Gasteiger partial charge in [-0.3, -0.25) is 4.79 Å². The van der Waals surface area contributed by atoms with Crippen molar-refractivity contribution in [3.05, 3.63) is 0 Å². The summed E-state index contributed by atoms with van der Waals surface area (Å²) in [6, 6.07) is 0. The summed E-state index contributed by atoms with van der Waals surface area (Å²) in [4.78, 5) is 14.7. The zero-order valence-corrected chi connectivity index (χ0v) is 11.5. The molecule has 2 aliphatic carbocycles. The van der Waals surface area contributed by atoms with Crippen LogP contribution in [-0.4, -0.2) is 37.0 Å². The number of carbonyl (C=O) groups excluding carboxylic acids is 1. The van der Waals surface area contributed by atoms with Crippen LogP contribution in [0.2, 0.25) is 0 Å². The van der Waals surface area contributed by atoms with Gasteiger partial charge in [-0.1, -0.05) is 6.42 Å². The molecular formula is C15H26N2O. The minimum atomic E-state index is 0.417. The van der Waals surface area contributed by atoms with E-state index in [1.807, 2.05) is 0 Å². The third-order valence-electron chi connectivity index (χ3n) is 5.32. The molecule has 3 rings (SSSR count). The summed E-state index contributed by atoms with van der Waals surface area (Å²) in [5, 5.41) is 3.40. The first-order chi connectivity index (χ1) is 8.81. The summed E-state index contributed by atoms with van der Waals surface area (Å²) in [6.45, 7) is 6.30. The van der Waals surface area contributed by atoms with Gasteiger partial charge in [0, 0.05) is 19.0 Å². The van der Waals surface area contributed by atoms with Crippen molar-refractivity contribution < 1.29 is 4.79 Å². The van der Waals surface area contributed by atoms with E-state index in [9.17, 15) is 4.79 Å². The molecule has 0 spiro atoms. The van der Waals surface area contributed by atoms with Crippen LogP contribution in [0.3, 0.4) is 0 Å². The normalized spacial score (nSPS) is 35.3. The highest BCUT2D eigenvalue weighted by Crippen LogP contribution is 2.58. The van der Waals surface area contributed by atoms with Crippen molar-refractivity contribution in [2.24, 2.45) is 23.7 Å². The maximum atomic E-state index is 12.5. The summed E-state index contributed by atoms with van der Waals surface area (Å²) in [6.07, 6.45) is 6.46. The Kier molecular flexibility index (Phi) is 3.60. The van der Waals surface area contributed by atoms with Crippen LogP contribution in [0.15, 0.2) is 0 Å². The lowest BCUT2D eigenvalue weighted by molar-refractivity contribution is -0.134. The van der Waals surface area contributed by atoms with Gasteiger partial charge in [-0.25, -0.2) is 0 Å². The predicted octanol–water partition coefficient (Wildman–Crippen LogP) is 1.88. The summed E-state index contributed by atoms with van der Waals surface area (Å²) in [7, 11) is 0. The second-order valence-electron chi connectivity index (χ2n) is 6.35. The largest absolute Gasteiger partial charge is 0.342 e. The fraction of sp³-hybridized carbons (Fsp3) is 0.933. The monoisotopic (exact) mass is 250 g/mol. The molecule has 18 heavy (non-hydrogen) atoms. The molecule has 3 aliphatic rings. The van der Waals surface area contributed by atoms with Gasteiger partial charge in [0.15, 0.2) is 0 Å². The Morgan fingerprint density at radius 3 is 2.44 bits per heavy atom. The zero-order chi connectivity index (χ0) is 12.5. The predicted molar refractivity (Wildman–Crippen MR) is 72.2 cm³/mol. The molecule has 0 aromatic carbocycles. The minimum Gasteiger partial charge on any atom is -0.342 e. The van der Waals surface area contributed by atoms with E-state index in [4.69, 9.17) is 0 Å². The van der Waals surface area contributed by atoms with Gasteiger partial charge in [0.2, 0.25) is 5.91 Å². The van der Waals surface area contributed by atoms with Gasteiger partial charge in [-0.2, -0.15) is 0 Å². The molecule has 1 saturated heterocycles. The number of rotatable bonds is 4. The number of hydrogen-bond acceptors (Lipinski definition) is 2. The smallest absolute Gasteiger partial charge is 0.226 e. The number of nitrogens with one attached hydrogen (secondary N) is 1. The van der Waals surface area contributed by atoms with Gasteiger partial charge >= 0.3 is 0 Å². The Bertz CT molecular complexity index is 302. The van der Waals surface area contributed by atoms with Crippen LogP contribution in [-0.2, 0) is 4.79 Å². The van der Waals surface area contributed by atoms with Gasteiger partial charge in [-0.05, 0) is 63.5 Å². The number of fused-ring (bicyclic) bond motifs is 1. The Balaban J connectivity index is 1.53. The SMILES string of the molecule is CCN(CC1CCNCC1)C(=O)C1C2CCCC21. The van der Waals surface area contributed by atoms with E-state index >= 15 is 0 Å². The van der Waals surface area contributed by atoms with Gasteiger partial charge in [-0.15, -0.1) is 0 Å². The molecule has 0 radical (unpaired) electrons. The van der Waals surface area contributed by atoms with E-state index in [1.54, 1.807) is 0 Å². The Morgan fingerprint density at radius 1 is 1.17 bits per heavy atom. The first-order valence-corrected chi connectivity index (χ1v) is 7.80. The molecule has 1 aliphatic heterocycles. The zero-order valence-electron chi connectivity index (χ0n) is 11.5. The van der Waals surface area contributed by atoms with Crippen molar-refractivity contribution in [3.63, 3.8) is 0 Å². The number of nitrogens with zero attached hydrogens (tertiary/aromatic N) is 1. The average molecular weight is 250 g/mol. The molecule has 2 unspecified atom stereocenters. The lowest BCUT2D eigenvalue weighted by Gasteiger charge is -2.30. The van der Waals surface area contributed by atoms with Gasteiger partial charge in [0.25, 0.3) is 0 Å². The summed E-state index contributed by atoms with van der Waals surface area (Å²) in [5.41, 5.74) is 0. The first kappa shape index (κ1) is 12.5. The van der Waals surface area contributed by atoms with Crippen LogP contribution >= 0.6 is 0 Å². The van der Waals surface area contributed by atoms with E-state index in [1.165, 1.54) is 32.1 Å². The topological polar surface area (TPSA) is 32.3 Å². The van der Waals surface area contributed by atoms with Crippen molar-refractivity contribution in [2.45, 2.75) is 39.0 Å². The molecule has 3 nitrogen and oxygen atoms in total. The van der Waals surface area contributed by atoms with Crippen molar-refractivity contribution in [3.8, 4) is 0 Å². The Hall–Kier alpha value is -0.570. The fourth-order valence-corrected chi connectivity index (χ4v) is 4.15. The molecule has 1 amide bonds. The molecule has 3 fully saturated rings. The van der Waals surface area contributed by atoms with Crippen molar-refractivity contribution in [1.29, 1.82) is 0 Å². The molecule has 102 valence electrons. The van der Waals surface area contributed by atoms with Crippen LogP contribution in [0.1, 0.15) is 39.0 Å². The van der Waals surface area contributed by atoms with E-state index in [-0.39, 0.29) is 0 Å². The molecule has 1 N–H and O–H groups in total. The van der Waals surface area contributed by atoms with Crippen LogP contribution in [0.4, 0.5) is 0 Å². The second kappa shape index (κ2) is 5.20. The highest BCUT2D eigenvalue weighted by atomic mass is 16.2. The third-order valence-corrected chi connectivity index (χ3v) is 5.32. The lowest BCUT2D eigenvalue weighted by Crippen LogP contribution is -2.40. The van der Waals surface area contributed by atoms with Crippen LogP contribution < -0.4 is 5.32 Å². The van der Waals surface area contributed by atoms with E-state index in [0.29, 0.717) is 11.8 Å². The molecule has 2 saturated carbocycles. The fourth-order valence-electron chi connectivity index (χ4n) is 4.15. The van der Waals surface area contributed by atoms with Crippen LogP contribution in [0, 0.1) is 23.7 Å². The third kappa shape index (κ3) is 2.29. The maximum absolute atomic E-state index is 12.5. The highest BCUT2D eigenvalue weighted by molar-refractivity contribution is 5.82. The molecule has 0 aromatic heterocycles. The van der Waals surface area contributed by atoms with Crippen molar-refractivity contribution in [2.75, 3.05) is 26.2 Å². The van der Waals surface area contributed by atoms with Gasteiger partial charge in [0.05, 0.1) is 0 Å². The Morgan fingerprint density at radius 2 is 1.83 bits per heavy atom. The average Bonchev–Trinajstić information content (AvgIpc) is 2.89. The summed E-state index contributed by atoms with van der Waals surface area (Å²) in [5.74, 6) is 3.15. The highest BCUT2D eigenvalue weighted by Gasteiger charge is 2.57. The molecule has 1 heterocycles. The maximum Gasteiger partial charge on any atom is 0.226 e. The number of hydrogen-bond donors (Lipinski definition) is 1. The molecule has 0 aromatic rings.